The normalized spacial score (nSPS) is 10.9. The Kier molecular flexibility index (Phi) is 6.66. The van der Waals surface area contributed by atoms with E-state index in [0.717, 1.165) is 21.4 Å². The van der Waals surface area contributed by atoms with Crippen molar-refractivity contribution in [1.82, 2.24) is 9.88 Å². The first kappa shape index (κ1) is 21.8. The first-order chi connectivity index (χ1) is 15.6. The number of hydrogen-bond acceptors (Lipinski definition) is 5. The van der Waals surface area contributed by atoms with Crippen LogP contribution in [0.15, 0.2) is 76.2 Å². The molecule has 0 atom stereocenters. The van der Waals surface area contributed by atoms with Gasteiger partial charge in [0.15, 0.2) is 0 Å². The molecule has 0 fully saturated rings. The fourth-order valence-electron chi connectivity index (χ4n) is 3.54. The molecule has 2 aromatic carbocycles. The fourth-order valence-corrected chi connectivity index (χ4v) is 4.52. The van der Waals surface area contributed by atoms with Crippen LogP contribution in [0, 0.1) is 6.92 Å². The van der Waals surface area contributed by atoms with Crippen molar-refractivity contribution in [3.8, 4) is 0 Å². The molecule has 0 spiro atoms. The lowest BCUT2D eigenvalue weighted by Gasteiger charge is -2.09. The third-order valence-corrected chi connectivity index (χ3v) is 6.26. The minimum Gasteiger partial charge on any atom is -0.463 e. The molecule has 164 valence electrons. The maximum atomic E-state index is 12.5. The standard InChI is InChI=1S/C25H24N2O4S/c1-17-7-3-4-8-19(17)24(28)26-13-14-27-15-23(20-9-5-6-10-21(20)27)32-16-18-11-12-22(31-18)25(29)30-2/h3-12,15H,13-14,16H2,1-2H3,(H,26,28). The van der Waals surface area contributed by atoms with Gasteiger partial charge in [-0.05, 0) is 36.8 Å². The summed E-state index contributed by atoms with van der Waals surface area (Å²) in [6, 6.07) is 19.2. The monoisotopic (exact) mass is 448 g/mol. The van der Waals surface area contributed by atoms with Gasteiger partial charge in [0.2, 0.25) is 5.76 Å². The highest BCUT2D eigenvalue weighted by atomic mass is 32.2. The van der Waals surface area contributed by atoms with Gasteiger partial charge in [0, 0.05) is 40.6 Å². The number of rotatable bonds is 8. The van der Waals surface area contributed by atoms with Gasteiger partial charge in [0.05, 0.1) is 12.9 Å². The predicted molar refractivity (Wildman–Crippen MR) is 125 cm³/mol. The minimum atomic E-state index is -0.481. The maximum Gasteiger partial charge on any atom is 0.373 e. The molecule has 32 heavy (non-hydrogen) atoms. The minimum absolute atomic E-state index is 0.0617. The maximum absolute atomic E-state index is 12.5. The summed E-state index contributed by atoms with van der Waals surface area (Å²) in [6.07, 6.45) is 2.10. The van der Waals surface area contributed by atoms with Gasteiger partial charge in [0.1, 0.15) is 5.76 Å². The Bertz CT molecular complexity index is 1260. The van der Waals surface area contributed by atoms with Crippen molar-refractivity contribution in [2.75, 3.05) is 13.7 Å². The van der Waals surface area contributed by atoms with Gasteiger partial charge in [-0.15, -0.1) is 11.8 Å². The smallest absolute Gasteiger partial charge is 0.373 e. The number of methoxy groups -OCH3 is 1. The first-order valence-electron chi connectivity index (χ1n) is 10.3. The summed E-state index contributed by atoms with van der Waals surface area (Å²) in [5.41, 5.74) is 2.77. The number of esters is 1. The molecule has 6 nitrogen and oxygen atoms in total. The second kappa shape index (κ2) is 9.78. The summed E-state index contributed by atoms with van der Waals surface area (Å²) >= 11 is 1.64. The van der Waals surface area contributed by atoms with Gasteiger partial charge in [0.25, 0.3) is 5.91 Å². The van der Waals surface area contributed by atoms with Gasteiger partial charge >= 0.3 is 5.97 Å². The summed E-state index contributed by atoms with van der Waals surface area (Å²) in [4.78, 5) is 25.2. The van der Waals surface area contributed by atoms with Crippen molar-refractivity contribution in [3.63, 3.8) is 0 Å². The van der Waals surface area contributed by atoms with E-state index in [1.54, 1.807) is 23.9 Å². The number of aromatic nitrogens is 1. The van der Waals surface area contributed by atoms with Crippen LogP contribution in [-0.2, 0) is 17.0 Å². The lowest BCUT2D eigenvalue weighted by Crippen LogP contribution is -2.27. The zero-order valence-corrected chi connectivity index (χ0v) is 18.8. The van der Waals surface area contributed by atoms with Gasteiger partial charge < -0.3 is 19.0 Å². The Morgan fingerprint density at radius 2 is 1.84 bits per heavy atom. The number of hydrogen-bond donors (Lipinski definition) is 1. The molecule has 4 rings (SSSR count). The van der Waals surface area contributed by atoms with E-state index in [0.29, 0.717) is 30.2 Å². The quantitative estimate of drug-likeness (QED) is 0.302. The number of carbonyl (C=O) groups is 2. The third kappa shape index (κ3) is 4.73. The van der Waals surface area contributed by atoms with E-state index in [9.17, 15) is 9.59 Å². The third-order valence-electron chi connectivity index (χ3n) is 5.20. The first-order valence-corrected chi connectivity index (χ1v) is 11.3. The van der Waals surface area contributed by atoms with Crippen molar-refractivity contribution in [2.24, 2.45) is 0 Å². The number of ether oxygens (including phenoxy) is 1. The van der Waals surface area contributed by atoms with E-state index in [4.69, 9.17) is 4.42 Å². The van der Waals surface area contributed by atoms with E-state index in [-0.39, 0.29) is 11.7 Å². The second-order valence-electron chi connectivity index (χ2n) is 7.32. The molecule has 0 radical (unpaired) electrons. The van der Waals surface area contributed by atoms with Crippen LogP contribution in [0.5, 0.6) is 0 Å². The highest BCUT2D eigenvalue weighted by molar-refractivity contribution is 7.98. The van der Waals surface area contributed by atoms with E-state index >= 15 is 0 Å². The molecule has 1 amide bonds. The van der Waals surface area contributed by atoms with Crippen molar-refractivity contribution in [2.45, 2.75) is 24.1 Å². The van der Waals surface area contributed by atoms with E-state index < -0.39 is 5.97 Å². The van der Waals surface area contributed by atoms with Crippen LogP contribution in [0.3, 0.4) is 0 Å². The van der Waals surface area contributed by atoms with Crippen LogP contribution in [0.1, 0.15) is 32.2 Å². The van der Waals surface area contributed by atoms with E-state index in [2.05, 4.69) is 33.0 Å². The second-order valence-corrected chi connectivity index (χ2v) is 8.34. The number of furan rings is 1. The molecule has 0 aliphatic carbocycles. The average molecular weight is 449 g/mol. The Balaban J connectivity index is 1.43. The molecule has 0 aliphatic rings. The molecule has 2 heterocycles. The highest BCUT2D eigenvalue weighted by Crippen LogP contribution is 2.32. The number of thioether (sulfide) groups is 1. The number of aryl methyl sites for hydroxylation is 1. The average Bonchev–Trinajstić information content (AvgIpc) is 3.42. The van der Waals surface area contributed by atoms with Crippen molar-refractivity contribution in [1.29, 1.82) is 0 Å². The van der Waals surface area contributed by atoms with Crippen molar-refractivity contribution in [3.05, 3.63) is 89.5 Å². The zero-order chi connectivity index (χ0) is 22.5. The molecule has 7 heteroatoms. The molecule has 1 N–H and O–H groups in total. The summed E-state index contributed by atoms with van der Waals surface area (Å²) in [7, 11) is 1.33. The van der Waals surface area contributed by atoms with Gasteiger partial charge in [-0.3, -0.25) is 4.79 Å². The summed E-state index contributed by atoms with van der Waals surface area (Å²) in [6.45, 7) is 3.12. The number of fused-ring (bicyclic) bond motifs is 1. The molecule has 4 aromatic rings. The molecular weight excluding hydrogens is 424 g/mol. The highest BCUT2D eigenvalue weighted by Gasteiger charge is 2.14. The van der Waals surface area contributed by atoms with Gasteiger partial charge in [-0.1, -0.05) is 36.4 Å². The SMILES string of the molecule is COC(=O)c1ccc(CSc2cn(CCNC(=O)c3ccccc3C)c3ccccc23)o1. The van der Waals surface area contributed by atoms with E-state index in [1.165, 1.54) is 7.11 Å². The topological polar surface area (TPSA) is 73.5 Å². The van der Waals surface area contributed by atoms with Crippen LogP contribution in [0.25, 0.3) is 10.9 Å². The van der Waals surface area contributed by atoms with Crippen molar-refractivity contribution < 1.29 is 18.7 Å². The van der Waals surface area contributed by atoms with Crippen molar-refractivity contribution >= 4 is 34.5 Å². The number of carbonyl (C=O) groups excluding carboxylic acids is 2. The molecule has 0 bridgehead atoms. The number of nitrogens with one attached hydrogen (secondary N) is 1. The molecule has 0 saturated carbocycles. The Morgan fingerprint density at radius 1 is 1.06 bits per heavy atom. The van der Waals surface area contributed by atoms with E-state index in [1.807, 2.05) is 43.3 Å². The number of benzene rings is 2. The fraction of sp³-hybridized carbons (Fsp3) is 0.200. The van der Waals surface area contributed by atoms with Crippen LogP contribution >= 0.6 is 11.8 Å². The Hall–Kier alpha value is -3.45. The Labute approximate surface area is 190 Å². The van der Waals surface area contributed by atoms with Crippen LogP contribution in [0.4, 0.5) is 0 Å². The lowest BCUT2D eigenvalue weighted by molar-refractivity contribution is 0.0563. The molecule has 2 aromatic heterocycles. The zero-order valence-electron chi connectivity index (χ0n) is 18.0. The lowest BCUT2D eigenvalue weighted by atomic mass is 10.1. The Morgan fingerprint density at radius 3 is 2.66 bits per heavy atom. The van der Waals surface area contributed by atoms with Crippen LogP contribution in [0.2, 0.25) is 0 Å². The van der Waals surface area contributed by atoms with Crippen LogP contribution < -0.4 is 5.32 Å². The number of para-hydroxylation sites is 1. The summed E-state index contributed by atoms with van der Waals surface area (Å²) in [5, 5.41) is 4.15. The number of amides is 1. The molecule has 0 saturated heterocycles. The summed E-state index contributed by atoms with van der Waals surface area (Å²) < 4.78 is 12.4. The van der Waals surface area contributed by atoms with Crippen LogP contribution in [-0.4, -0.2) is 30.1 Å². The largest absolute Gasteiger partial charge is 0.463 e. The van der Waals surface area contributed by atoms with Gasteiger partial charge in [-0.25, -0.2) is 4.79 Å². The molecule has 0 aliphatic heterocycles. The summed E-state index contributed by atoms with van der Waals surface area (Å²) in [5.74, 6) is 0.960. The predicted octanol–water partition coefficient (Wildman–Crippen LogP) is 5.05. The van der Waals surface area contributed by atoms with Gasteiger partial charge in [-0.2, -0.15) is 0 Å². The molecule has 0 unspecified atom stereocenters. The molecular formula is C25H24N2O4S. The number of nitrogens with zero attached hydrogens (tertiary/aromatic N) is 1.